The molecule has 0 saturated carbocycles. The third-order valence-electron chi connectivity index (χ3n) is 2.88. The smallest absolute Gasteiger partial charge is 0.273 e. The van der Waals surface area contributed by atoms with E-state index in [0.717, 1.165) is 18.5 Å². The average Bonchev–Trinajstić information content (AvgIpc) is 2.83. The molecule has 0 radical (unpaired) electrons. The molecule has 1 aliphatic heterocycles. The molecule has 1 amide bonds. The van der Waals surface area contributed by atoms with Gasteiger partial charge in [0.15, 0.2) is 0 Å². The van der Waals surface area contributed by atoms with Crippen LogP contribution in [0.2, 0.25) is 0 Å². The van der Waals surface area contributed by atoms with Gasteiger partial charge in [-0.2, -0.15) is 10.4 Å². The van der Waals surface area contributed by atoms with Gasteiger partial charge >= 0.3 is 0 Å². The first-order valence-corrected chi connectivity index (χ1v) is 5.34. The fourth-order valence-corrected chi connectivity index (χ4v) is 2.10. The summed E-state index contributed by atoms with van der Waals surface area (Å²) in [4.78, 5) is 13.8. The van der Waals surface area contributed by atoms with Crippen molar-refractivity contribution >= 4 is 5.91 Å². The van der Waals surface area contributed by atoms with Crippen molar-refractivity contribution in [1.82, 2.24) is 14.7 Å². The molecular formula is C11H14N4O. The highest BCUT2D eigenvalue weighted by molar-refractivity contribution is 5.93. The standard InChI is InChI=1S/C11H14N4O/c1-8-6-10(14(2)13-8)11(16)15-5-3-4-9(15)7-12/h6,9H,3-5H2,1-2H3. The maximum Gasteiger partial charge on any atom is 0.273 e. The minimum atomic E-state index is -0.275. The maximum atomic E-state index is 12.2. The van der Waals surface area contributed by atoms with Crippen LogP contribution >= 0.6 is 0 Å². The van der Waals surface area contributed by atoms with Gasteiger partial charge in [0.05, 0.1) is 11.8 Å². The molecule has 0 aliphatic carbocycles. The molecule has 1 atom stereocenters. The Labute approximate surface area is 94.3 Å². The van der Waals surface area contributed by atoms with E-state index in [0.29, 0.717) is 12.2 Å². The molecule has 1 unspecified atom stereocenters. The summed E-state index contributed by atoms with van der Waals surface area (Å²) in [7, 11) is 1.75. The molecule has 1 fully saturated rings. The summed E-state index contributed by atoms with van der Waals surface area (Å²) >= 11 is 0. The van der Waals surface area contributed by atoms with Crippen LogP contribution < -0.4 is 0 Å². The predicted octanol–water partition coefficient (Wildman–Crippen LogP) is 0.857. The Kier molecular flexibility index (Phi) is 2.65. The molecule has 1 aromatic rings. The highest BCUT2D eigenvalue weighted by Gasteiger charge is 2.30. The lowest BCUT2D eigenvalue weighted by molar-refractivity contribution is 0.0754. The molecule has 2 heterocycles. The zero-order valence-electron chi connectivity index (χ0n) is 9.47. The van der Waals surface area contributed by atoms with Crippen molar-refractivity contribution in [3.63, 3.8) is 0 Å². The van der Waals surface area contributed by atoms with Crippen LogP contribution in [-0.4, -0.2) is 33.2 Å². The Hall–Kier alpha value is -1.83. The number of aryl methyl sites for hydroxylation is 2. The first-order valence-electron chi connectivity index (χ1n) is 5.34. The first kappa shape index (κ1) is 10.7. The Morgan fingerprint density at radius 2 is 2.44 bits per heavy atom. The van der Waals surface area contributed by atoms with Gasteiger partial charge in [0.2, 0.25) is 0 Å². The van der Waals surface area contributed by atoms with Crippen molar-refractivity contribution in [1.29, 1.82) is 5.26 Å². The quantitative estimate of drug-likeness (QED) is 0.702. The summed E-state index contributed by atoms with van der Waals surface area (Å²) in [6.45, 7) is 2.52. The van der Waals surface area contributed by atoms with Crippen LogP contribution in [0.5, 0.6) is 0 Å². The summed E-state index contributed by atoms with van der Waals surface area (Å²) < 4.78 is 1.57. The van der Waals surface area contributed by atoms with Crippen molar-refractivity contribution in [3.05, 3.63) is 17.5 Å². The van der Waals surface area contributed by atoms with Gasteiger partial charge in [-0.15, -0.1) is 0 Å². The van der Waals surface area contributed by atoms with Gasteiger partial charge in [-0.25, -0.2) is 0 Å². The molecule has 5 nitrogen and oxygen atoms in total. The lowest BCUT2D eigenvalue weighted by Crippen LogP contribution is -2.35. The van der Waals surface area contributed by atoms with Crippen LogP contribution in [0, 0.1) is 18.3 Å². The number of nitrogens with zero attached hydrogens (tertiary/aromatic N) is 4. The van der Waals surface area contributed by atoms with Gasteiger partial charge < -0.3 is 4.90 Å². The van der Waals surface area contributed by atoms with Crippen molar-refractivity contribution in [2.45, 2.75) is 25.8 Å². The second kappa shape index (κ2) is 3.97. The van der Waals surface area contributed by atoms with E-state index >= 15 is 0 Å². The van der Waals surface area contributed by atoms with Gasteiger partial charge in [-0.05, 0) is 25.8 Å². The normalized spacial score (nSPS) is 19.8. The fraction of sp³-hybridized carbons (Fsp3) is 0.545. The Balaban J connectivity index is 2.26. The third-order valence-corrected chi connectivity index (χ3v) is 2.88. The molecule has 0 N–H and O–H groups in total. The highest BCUT2D eigenvalue weighted by atomic mass is 16.2. The second-order valence-corrected chi connectivity index (χ2v) is 4.08. The van der Waals surface area contributed by atoms with Crippen LogP contribution in [0.4, 0.5) is 0 Å². The summed E-state index contributed by atoms with van der Waals surface area (Å²) in [6, 6.07) is 3.65. The lowest BCUT2D eigenvalue weighted by Gasteiger charge is -2.19. The number of hydrogen-bond acceptors (Lipinski definition) is 3. The van der Waals surface area contributed by atoms with E-state index in [-0.39, 0.29) is 11.9 Å². The number of aromatic nitrogens is 2. The van der Waals surface area contributed by atoms with Gasteiger partial charge in [0, 0.05) is 13.6 Å². The zero-order valence-corrected chi connectivity index (χ0v) is 9.47. The monoisotopic (exact) mass is 218 g/mol. The van der Waals surface area contributed by atoms with E-state index in [1.54, 1.807) is 22.7 Å². The van der Waals surface area contributed by atoms with Crippen molar-refractivity contribution in [2.24, 2.45) is 7.05 Å². The Morgan fingerprint density at radius 1 is 1.69 bits per heavy atom. The van der Waals surface area contributed by atoms with E-state index in [1.807, 2.05) is 6.92 Å². The number of rotatable bonds is 1. The minimum absolute atomic E-state index is 0.0906. The van der Waals surface area contributed by atoms with Gasteiger partial charge in [-0.1, -0.05) is 0 Å². The number of carbonyl (C=O) groups is 1. The van der Waals surface area contributed by atoms with Crippen LogP contribution in [0.3, 0.4) is 0 Å². The number of amides is 1. The summed E-state index contributed by atoms with van der Waals surface area (Å²) in [6.07, 6.45) is 1.68. The van der Waals surface area contributed by atoms with Gasteiger partial charge in [0.1, 0.15) is 11.7 Å². The highest BCUT2D eigenvalue weighted by Crippen LogP contribution is 2.19. The van der Waals surface area contributed by atoms with E-state index in [2.05, 4.69) is 11.2 Å². The summed E-state index contributed by atoms with van der Waals surface area (Å²) in [5.74, 6) is -0.0906. The van der Waals surface area contributed by atoms with Crippen LogP contribution in [0.25, 0.3) is 0 Å². The van der Waals surface area contributed by atoms with E-state index in [1.165, 1.54) is 0 Å². The summed E-state index contributed by atoms with van der Waals surface area (Å²) in [5, 5.41) is 13.1. The summed E-state index contributed by atoms with van der Waals surface area (Å²) in [5.41, 5.74) is 1.37. The minimum Gasteiger partial charge on any atom is -0.321 e. The fourth-order valence-electron chi connectivity index (χ4n) is 2.10. The van der Waals surface area contributed by atoms with Crippen molar-refractivity contribution in [2.75, 3.05) is 6.54 Å². The van der Waals surface area contributed by atoms with Gasteiger partial charge in [0.25, 0.3) is 5.91 Å². The Morgan fingerprint density at radius 3 is 3.00 bits per heavy atom. The molecule has 1 aliphatic rings. The molecular weight excluding hydrogens is 204 g/mol. The molecule has 84 valence electrons. The lowest BCUT2D eigenvalue weighted by atomic mass is 10.2. The number of carbonyl (C=O) groups excluding carboxylic acids is 1. The predicted molar refractivity (Wildman–Crippen MR) is 57.6 cm³/mol. The SMILES string of the molecule is Cc1cc(C(=O)N2CCCC2C#N)n(C)n1. The van der Waals surface area contributed by atoms with Crippen molar-refractivity contribution in [3.8, 4) is 6.07 Å². The molecule has 2 rings (SSSR count). The number of likely N-dealkylation sites (tertiary alicyclic amines) is 1. The van der Waals surface area contributed by atoms with E-state index in [9.17, 15) is 4.79 Å². The zero-order chi connectivity index (χ0) is 11.7. The van der Waals surface area contributed by atoms with Crippen LogP contribution in [0.1, 0.15) is 29.0 Å². The largest absolute Gasteiger partial charge is 0.321 e. The number of hydrogen-bond donors (Lipinski definition) is 0. The molecule has 0 bridgehead atoms. The molecule has 16 heavy (non-hydrogen) atoms. The molecule has 0 spiro atoms. The number of nitriles is 1. The molecule has 0 aromatic carbocycles. The second-order valence-electron chi connectivity index (χ2n) is 4.08. The topological polar surface area (TPSA) is 61.9 Å². The van der Waals surface area contributed by atoms with E-state index in [4.69, 9.17) is 5.26 Å². The van der Waals surface area contributed by atoms with Crippen molar-refractivity contribution < 1.29 is 4.79 Å². The van der Waals surface area contributed by atoms with Crippen LogP contribution in [-0.2, 0) is 7.05 Å². The third kappa shape index (κ3) is 1.67. The van der Waals surface area contributed by atoms with E-state index < -0.39 is 0 Å². The van der Waals surface area contributed by atoms with Gasteiger partial charge in [-0.3, -0.25) is 9.48 Å². The molecule has 1 aromatic heterocycles. The molecule has 1 saturated heterocycles. The van der Waals surface area contributed by atoms with Crippen LogP contribution in [0.15, 0.2) is 6.07 Å². The first-order chi connectivity index (χ1) is 7.63. The maximum absolute atomic E-state index is 12.2. The average molecular weight is 218 g/mol. The molecule has 5 heteroatoms. The Bertz CT molecular complexity index is 457.